The summed E-state index contributed by atoms with van der Waals surface area (Å²) < 4.78 is 65.0. The Labute approximate surface area is 240 Å². The molecule has 0 aromatic heterocycles. The van der Waals surface area contributed by atoms with E-state index in [9.17, 15) is 32.5 Å². The number of rotatable bonds is 9. The van der Waals surface area contributed by atoms with Crippen LogP contribution in [0.5, 0.6) is 5.75 Å². The van der Waals surface area contributed by atoms with Gasteiger partial charge < -0.3 is 19.7 Å². The first-order valence-corrected chi connectivity index (χ1v) is 14.2. The number of carbonyl (C=O) groups excluding carboxylic acids is 1. The van der Waals surface area contributed by atoms with Crippen LogP contribution in [-0.4, -0.2) is 78.7 Å². The molecule has 1 N–H and O–H groups in total. The summed E-state index contributed by atoms with van der Waals surface area (Å²) in [5.41, 5.74) is -1.16. The Bertz CT molecular complexity index is 1280. The highest BCUT2D eigenvalue weighted by Crippen LogP contribution is 2.38. The monoisotopic (exact) mass is 594 g/mol. The smallest absolute Gasteiger partial charge is 0.423 e. The summed E-state index contributed by atoms with van der Waals surface area (Å²) in [6.07, 6.45) is -1.13. The Morgan fingerprint density at radius 3 is 2.50 bits per heavy atom. The lowest BCUT2D eigenvalue weighted by Crippen LogP contribution is -2.51. The van der Waals surface area contributed by atoms with Gasteiger partial charge >= 0.3 is 6.18 Å². The standard InChI is InChI=1S/C29H34F4N4O5/c30-21-3-8-27-20(13-21)14-24(42-27)17-35-9-11-36(12-10-35)28(38)18-41-23-5-1-19(2-6-23)16-34-22-4-7-26(37(39)40)25(15-22)29(31,32)33/h3-4,7-8,13,15,19,23-24,34H,1-2,5-6,9-12,14,16-18H2. The van der Waals surface area contributed by atoms with Crippen molar-refractivity contribution < 1.29 is 36.8 Å². The average molecular weight is 595 g/mol. The van der Waals surface area contributed by atoms with Crippen LogP contribution in [0.2, 0.25) is 0 Å². The Balaban J connectivity index is 0.980. The van der Waals surface area contributed by atoms with Gasteiger partial charge in [0, 0.05) is 63.0 Å². The molecule has 42 heavy (non-hydrogen) atoms. The number of piperazine rings is 1. The number of nitrogens with one attached hydrogen (secondary N) is 1. The Morgan fingerprint density at radius 1 is 1.07 bits per heavy atom. The number of alkyl halides is 3. The van der Waals surface area contributed by atoms with Crippen molar-refractivity contribution in [3.05, 3.63) is 63.5 Å². The Hall–Kier alpha value is -3.45. The van der Waals surface area contributed by atoms with Crippen molar-refractivity contribution in [1.82, 2.24) is 9.80 Å². The molecule has 1 saturated heterocycles. The predicted molar refractivity (Wildman–Crippen MR) is 146 cm³/mol. The van der Waals surface area contributed by atoms with E-state index in [1.54, 1.807) is 6.07 Å². The summed E-state index contributed by atoms with van der Waals surface area (Å²) in [4.78, 5) is 26.7. The molecule has 13 heteroatoms. The van der Waals surface area contributed by atoms with Gasteiger partial charge in [0.2, 0.25) is 5.91 Å². The molecule has 1 aliphatic carbocycles. The van der Waals surface area contributed by atoms with Crippen LogP contribution in [-0.2, 0) is 22.1 Å². The highest BCUT2D eigenvalue weighted by Gasteiger charge is 2.38. The van der Waals surface area contributed by atoms with Crippen molar-refractivity contribution >= 4 is 17.3 Å². The summed E-state index contributed by atoms with van der Waals surface area (Å²) in [6, 6.07) is 7.54. The van der Waals surface area contributed by atoms with Crippen LogP contribution in [0.3, 0.4) is 0 Å². The molecule has 0 spiro atoms. The van der Waals surface area contributed by atoms with E-state index in [2.05, 4.69) is 10.2 Å². The number of anilines is 1. The third-order valence-electron chi connectivity index (χ3n) is 8.28. The van der Waals surface area contributed by atoms with Gasteiger partial charge in [0.05, 0.1) is 11.0 Å². The predicted octanol–water partition coefficient (Wildman–Crippen LogP) is 4.89. The molecule has 2 fully saturated rings. The first kappa shape index (κ1) is 30.0. The minimum atomic E-state index is -4.82. The molecule has 0 radical (unpaired) electrons. The zero-order chi connectivity index (χ0) is 29.9. The first-order chi connectivity index (χ1) is 20.0. The third-order valence-corrected chi connectivity index (χ3v) is 8.28. The van der Waals surface area contributed by atoms with Crippen LogP contribution in [0.4, 0.5) is 28.9 Å². The van der Waals surface area contributed by atoms with Gasteiger partial charge in [0.1, 0.15) is 29.8 Å². The quantitative estimate of drug-likeness (QED) is 0.251. The number of nitro benzene ring substituents is 1. The lowest BCUT2D eigenvalue weighted by Gasteiger charge is -2.36. The number of carbonyl (C=O) groups is 1. The van der Waals surface area contributed by atoms with Gasteiger partial charge in [-0.15, -0.1) is 0 Å². The molecule has 1 saturated carbocycles. The van der Waals surface area contributed by atoms with E-state index in [0.29, 0.717) is 26.1 Å². The lowest BCUT2D eigenvalue weighted by molar-refractivity contribution is -0.388. The summed E-state index contributed by atoms with van der Waals surface area (Å²) in [7, 11) is 0. The molecule has 1 unspecified atom stereocenters. The summed E-state index contributed by atoms with van der Waals surface area (Å²) in [5.74, 6) is 0.649. The van der Waals surface area contributed by atoms with Gasteiger partial charge in [-0.3, -0.25) is 19.8 Å². The highest BCUT2D eigenvalue weighted by atomic mass is 19.4. The number of benzene rings is 2. The molecule has 2 heterocycles. The van der Waals surface area contributed by atoms with E-state index in [-0.39, 0.29) is 42.1 Å². The molecule has 228 valence electrons. The minimum Gasteiger partial charge on any atom is -0.488 e. The zero-order valence-corrected chi connectivity index (χ0v) is 23.1. The molecule has 1 atom stereocenters. The fraction of sp³-hybridized carbons (Fsp3) is 0.552. The Kier molecular flexibility index (Phi) is 9.16. The number of hydrogen-bond donors (Lipinski definition) is 1. The molecular weight excluding hydrogens is 560 g/mol. The number of halogens is 4. The normalized spacial score (nSPS) is 22.9. The van der Waals surface area contributed by atoms with Crippen molar-refractivity contribution in [3.8, 4) is 5.75 Å². The second-order valence-electron chi connectivity index (χ2n) is 11.2. The number of ether oxygens (including phenoxy) is 2. The van der Waals surface area contributed by atoms with Gasteiger partial charge in [0.15, 0.2) is 0 Å². The number of fused-ring (bicyclic) bond motifs is 1. The van der Waals surface area contributed by atoms with Crippen molar-refractivity contribution in [3.63, 3.8) is 0 Å². The van der Waals surface area contributed by atoms with E-state index in [0.717, 1.165) is 68.8 Å². The van der Waals surface area contributed by atoms with Crippen LogP contribution in [0.15, 0.2) is 36.4 Å². The summed E-state index contributed by atoms with van der Waals surface area (Å²) in [5, 5.41) is 13.9. The Morgan fingerprint density at radius 2 is 1.81 bits per heavy atom. The molecule has 5 rings (SSSR count). The van der Waals surface area contributed by atoms with Crippen molar-refractivity contribution in [2.75, 3.05) is 51.2 Å². The number of amides is 1. The molecule has 3 aliphatic rings. The largest absolute Gasteiger partial charge is 0.488 e. The van der Waals surface area contributed by atoms with Crippen LogP contribution in [0, 0.1) is 21.8 Å². The van der Waals surface area contributed by atoms with Gasteiger partial charge in [-0.25, -0.2) is 4.39 Å². The van der Waals surface area contributed by atoms with Gasteiger partial charge in [-0.05, 0) is 61.9 Å². The maximum Gasteiger partial charge on any atom is 0.423 e. The zero-order valence-electron chi connectivity index (χ0n) is 23.1. The molecule has 2 aliphatic heterocycles. The molecule has 1 amide bonds. The second kappa shape index (κ2) is 12.8. The van der Waals surface area contributed by atoms with Crippen LogP contribution in [0.1, 0.15) is 36.8 Å². The van der Waals surface area contributed by atoms with Crippen LogP contribution < -0.4 is 10.1 Å². The SMILES string of the molecule is O=C(COC1CCC(CNc2ccc([N+](=O)[O-])c(C(F)(F)F)c2)CC1)N1CCN(CC2Cc3cc(F)ccc3O2)CC1. The van der Waals surface area contributed by atoms with Crippen molar-refractivity contribution in [2.45, 2.75) is 50.5 Å². The van der Waals surface area contributed by atoms with Gasteiger partial charge in [-0.2, -0.15) is 13.2 Å². The summed E-state index contributed by atoms with van der Waals surface area (Å²) >= 11 is 0. The average Bonchev–Trinajstić information content (AvgIpc) is 3.36. The van der Waals surface area contributed by atoms with Crippen LogP contribution >= 0.6 is 0 Å². The van der Waals surface area contributed by atoms with Gasteiger partial charge in [0.25, 0.3) is 5.69 Å². The number of hydrogen-bond acceptors (Lipinski definition) is 7. The molecular formula is C29H34F4N4O5. The highest BCUT2D eigenvalue weighted by molar-refractivity contribution is 5.77. The van der Waals surface area contributed by atoms with Gasteiger partial charge in [-0.1, -0.05) is 0 Å². The first-order valence-electron chi connectivity index (χ1n) is 14.2. The van der Waals surface area contributed by atoms with E-state index in [1.165, 1.54) is 18.2 Å². The molecule has 9 nitrogen and oxygen atoms in total. The van der Waals surface area contributed by atoms with E-state index in [4.69, 9.17) is 9.47 Å². The fourth-order valence-electron chi connectivity index (χ4n) is 5.94. The summed E-state index contributed by atoms with van der Waals surface area (Å²) in [6.45, 7) is 3.85. The van der Waals surface area contributed by atoms with E-state index in [1.807, 2.05) is 4.90 Å². The van der Waals surface area contributed by atoms with E-state index < -0.39 is 22.4 Å². The maximum absolute atomic E-state index is 13.5. The lowest BCUT2D eigenvalue weighted by atomic mass is 9.87. The van der Waals surface area contributed by atoms with E-state index >= 15 is 0 Å². The number of nitro groups is 1. The molecule has 2 aromatic carbocycles. The third kappa shape index (κ3) is 7.49. The second-order valence-corrected chi connectivity index (χ2v) is 11.2. The topological polar surface area (TPSA) is 97.2 Å². The number of nitrogens with zero attached hydrogens (tertiary/aromatic N) is 3. The maximum atomic E-state index is 13.5. The fourth-order valence-corrected chi connectivity index (χ4v) is 5.94. The molecule has 0 bridgehead atoms. The van der Waals surface area contributed by atoms with Crippen LogP contribution in [0.25, 0.3) is 0 Å². The van der Waals surface area contributed by atoms with Crippen molar-refractivity contribution in [1.29, 1.82) is 0 Å². The molecule has 2 aromatic rings. The minimum absolute atomic E-state index is 0.0171. The van der Waals surface area contributed by atoms with Crippen molar-refractivity contribution in [2.24, 2.45) is 5.92 Å².